The summed E-state index contributed by atoms with van der Waals surface area (Å²) in [6, 6.07) is 20.6. The zero-order valence-electron chi connectivity index (χ0n) is 15.2. The van der Waals surface area contributed by atoms with Crippen LogP contribution in [0.3, 0.4) is 0 Å². The van der Waals surface area contributed by atoms with Gasteiger partial charge < -0.3 is 9.64 Å². The van der Waals surface area contributed by atoms with Crippen molar-refractivity contribution >= 4 is 29.1 Å². The zero-order chi connectivity index (χ0) is 19.8. The van der Waals surface area contributed by atoms with E-state index in [-0.39, 0.29) is 12.5 Å². The lowest BCUT2D eigenvalue weighted by atomic mass is 10.2. The van der Waals surface area contributed by atoms with Gasteiger partial charge in [-0.15, -0.1) is 0 Å². The van der Waals surface area contributed by atoms with Crippen LogP contribution in [0.1, 0.15) is 11.3 Å². The molecule has 0 N–H and O–H groups in total. The first kappa shape index (κ1) is 20.2. The molecule has 0 aliphatic rings. The van der Waals surface area contributed by atoms with Gasteiger partial charge in [0.1, 0.15) is 5.75 Å². The fourth-order valence-corrected chi connectivity index (χ4v) is 3.18. The molecule has 28 heavy (non-hydrogen) atoms. The average molecular weight is 415 g/mol. The largest absolute Gasteiger partial charge is 0.482 e. The van der Waals surface area contributed by atoms with E-state index in [4.69, 9.17) is 27.9 Å². The second-order valence-corrected chi connectivity index (χ2v) is 7.08. The van der Waals surface area contributed by atoms with E-state index in [1.165, 1.54) is 0 Å². The van der Waals surface area contributed by atoms with Crippen LogP contribution in [0.25, 0.3) is 0 Å². The Morgan fingerprint density at radius 2 is 1.79 bits per heavy atom. The zero-order valence-corrected chi connectivity index (χ0v) is 16.7. The van der Waals surface area contributed by atoms with Crippen LogP contribution in [0, 0.1) is 0 Å². The van der Waals surface area contributed by atoms with Crippen LogP contribution in [0.2, 0.25) is 10.0 Å². The van der Waals surface area contributed by atoms with Gasteiger partial charge in [0.25, 0.3) is 5.91 Å². The molecule has 1 aromatic heterocycles. The van der Waals surface area contributed by atoms with Gasteiger partial charge in [-0.2, -0.15) is 0 Å². The molecule has 1 amide bonds. The van der Waals surface area contributed by atoms with Crippen molar-refractivity contribution in [2.45, 2.75) is 13.0 Å². The molecule has 0 aliphatic carbocycles. The Morgan fingerprint density at radius 1 is 1.00 bits per heavy atom. The molecule has 4 nitrogen and oxygen atoms in total. The molecule has 3 aromatic rings. The summed E-state index contributed by atoms with van der Waals surface area (Å²) in [7, 11) is 0. The Balaban J connectivity index is 1.66. The van der Waals surface area contributed by atoms with Crippen LogP contribution in [0.15, 0.2) is 72.9 Å². The first-order chi connectivity index (χ1) is 13.6. The molecular formula is C22H20Cl2N2O2. The van der Waals surface area contributed by atoms with Crippen LogP contribution in [0.5, 0.6) is 5.75 Å². The molecule has 0 spiro atoms. The summed E-state index contributed by atoms with van der Waals surface area (Å²) in [5, 5.41) is 0.896. The normalized spacial score (nSPS) is 10.5. The van der Waals surface area contributed by atoms with Gasteiger partial charge in [-0.05, 0) is 35.9 Å². The van der Waals surface area contributed by atoms with Crippen molar-refractivity contribution in [3.63, 3.8) is 0 Å². The number of ether oxygens (including phenoxy) is 1. The lowest BCUT2D eigenvalue weighted by Gasteiger charge is -2.23. The van der Waals surface area contributed by atoms with Gasteiger partial charge in [0.05, 0.1) is 5.02 Å². The fraction of sp³-hybridized carbons (Fsp3) is 0.182. The summed E-state index contributed by atoms with van der Waals surface area (Å²) in [4.78, 5) is 18.9. The highest BCUT2D eigenvalue weighted by atomic mass is 35.5. The number of rotatable bonds is 8. The summed E-state index contributed by atoms with van der Waals surface area (Å²) in [6.45, 7) is 0.947. The number of aromatic nitrogens is 1. The monoisotopic (exact) mass is 414 g/mol. The third-order valence-electron chi connectivity index (χ3n) is 4.18. The van der Waals surface area contributed by atoms with E-state index in [2.05, 4.69) is 4.98 Å². The van der Waals surface area contributed by atoms with E-state index in [0.717, 1.165) is 11.3 Å². The second-order valence-electron chi connectivity index (χ2n) is 6.24. The number of nitrogens with zero attached hydrogens (tertiary/aromatic N) is 2. The topological polar surface area (TPSA) is 42.4 Å². The molecule has 1 heterocycles. The number of hydrogen-bond acceptors (Lipinski definition) is 3. The van der Waals surface area contributed by atoms with Crippen LogP contribution in [-0.2, 0) is 17.8 Å². The quantitative estimate of drug-likeness (QED) is 0.518. The number of amides is 1. The van der Waals surface area contributed by atoms with Crippen molar-refractivity contribution in [3.05, 3.63) is 94.2 Å². The predicted molar refractivity (Wildman–Crippen MR) is 112 cm³/mol. The molecule has 144 valence electrons. The summed E-state index contributed by atoms with van der Waals surface area (Å²) >= 11 is 12.0. The minimum absolute atomic E-state index is 0.101. The van der Waals surface area contributed by atoms with E-state index < -0.39 is 0 Å². The van der Waals surface area contributed by atoms with Crippen molar-refractivity contribution in [1.82, 2.24) is 9.88 Å². The Bertz CT molecular complexity index is 905. The molecule has 0 radical (unpaired) electrons. The maximum Gasteiger partial charge on any atom is 0.260 e. The number of carbonyl (C=O) groups excluding carboxylic acids is 1. The summed E-state index contributed by atoms with van der Waals surface area (Å²) in [5.74, 6) is 0.314. The Kier molecular flexibility index (Phi) is 7.29. The Labute approximate surface area is 174 Å². The lowest BCUT2D eigenvalue weighted by Crippen LogP contribution is -2.36. The number of hydrogen-bond donors (Lipinski definition) is 0. The van der Waals surface area contributed by atoms with Crippen molar-refractivity contribution in [2.75, 3.05) is 13.2 Å². The highest BCUT2D eigenvalue weighted by Gasteiger charge is 2.16. The molecular weight excluding hydrogens is 395 g/mol. The van der Waals surface area contributed by atoms with Crippen molar-refractivity contribution in [2.24, 2.45) is 0 Å². The summed E-state index contributed by atoms with van der Waals surface area (Å²) in [5.41, 5.74) is 2.00. The van der Waals surface area contributed by atoms with Crippen LogP contribution >= 0.6 is 23.2 Å². The van der Waals surface area contributed by atoms with Gasteiger partial charge in [0, 0.05) is 36.4 Å². The SMILES string of the molecule is O=C(COc1ccc(Cl)cc1Cl)N(CCc1ccccn1)Cc1ccccc1. The Hall–Kier alpha value is -2.56. The maximum absolute atomic E-state index is 12.8. The van der Waals surface area contributed by atoms with Gasteiger partial charge >= 0.3 is 0 Å². The first-order valence-corrected chi connectivity index (χ1v) is 9.67. The minimum Gasteiger partial charge on any atom is -0.482 e. The minimum atomic E-state index is -0.120. The van der Waals surface area contributed by atoms with Gasteiger partial charge in [-0.3, -0.25) is 9.78 Å². The molecule has 0 bridgehead atoms. The number of carbonyl (C=O) groups is 1. The smallest absolute Gasteiger partial charge is 0.260 e. The summed E-state index contributed by atoms with van der Waals surface area (Å²) in [6.07, 6.45) is 2.42. The highest BCUT2D eigenvalue weighted by Crippen LogP contribution is 2.27. The van der Waals surface area contributed by atoms with Crippen LogP contribution in [0.4, 0.5) is 0 Å². The average Bonchev–Trinajstić information content (AvgIpc) is 2.72. The third kappa shape index (κ3) is 5.98. The Morgan fingerprint density at radius 3 is 2.50 bits per heavy atom. The maximum atomic E-state index is 12.8. The van der Waals surface area contributed by atoms with Crippen molar-refractivity contribution < 1.29 is 9.53 Å². The molecule has 0 fully saturated rings. The molecule has 6 heteroatoms. The van der Waals surface area contributed by atoms with Crippen molar-refractivity contribution in [1.29, 1.82) is 0 Å². The van der Waals surface area contributed by atoms with Gasteiger partial charge in [-0.25, -0.2) is 0 Å². The third-order valence-corrected chi connectivity index (χ3v) is 4.71. The van der Waals surface area contributed by atoms with Gasteiger partial charge in [-0.1, -0.05) is 59.6 Å². The van der Waals surface area contributed by atoms with Crippen molar-refractivity contribution in [3.8, 4) is 5.75 Å². The molecule has 0 unspecified atom stereocenters. The first-order valence-electron chi connectivity index (χ1n) is 8.91. The predicted octanol–water partition coefficient (Wildman–Crippen LogP) is 5.04. The standard InChI is InChI=1S/C22H20Cl2N2O2/c23-18-9-10-21(20(24)14-18)28-16-22(27)26(15-17-6-2-1-3-7-17)13-11-19-8-4-5-12-25-19/h1-10,12,14H,11,13,15-16H2. The van der Waals surface area contributed by atoms with E-state index in [1.54, 1.807) is 29.3 Å². The van der Waals surface area contributed by atoms with E-state index in [1.807, 2.05) is 48.5 Å². The number of pyridine rings is 1. The van der Waals surface area contributed by atoms with Gasteiger partial charge in [0.2, 0.25) is 0 Å². The second kappa shape index (κ2) is 10.1. The molecule has 0 atom stereocenters. The molecule has 2 aromatic carbocycles. The summed E-state index contributed by atoms with van der Waals surface area (Å²) < 4.78 is 5.63. The van der Waals surface area contributed by atoms with E-state index >= 15 is 0 Å². The van der Waals surface area contributed by atoms with Crippen LogP contribution in [-0.4, -0.2) is 28.9 Å². The number of benzene rings is 2. The molecule has 0 aliphatic heterocycles. The van der Waals surface area contributed by atoms with E-state index in [0.29, 0.717) is 35.3 Å². The van der Waals surface area contributed by atoms with Gasteiger partial charge in [0.15, 0.2) is 6.61 Å². The lowest BCUT2D eigenvalue weighted by molar-refractivity contribution is -0.134. The molecule has 3 rings (SSSR count). The number of halogens is 2. The molecule has 0 saturated carbocycles. The molecule has 0 saturated heterocycles. The van der Waals surface area contributed by atoms with E-state index in [9.17, 15) is 4.79 Å². The fourth-order valence-electron chi connectivity index (χ4n) is 2.71. The highest BCUT2D eigenvalue weighted by molar-refractivity contribution is 6.35. The van der Waals surface area contributed by atoms with Crippen LogP contribution < -0.4 is 4.74 Å².